The monoisotopic (exact) mass is 366 g/mol. The third-order valence-electron chi connectivity index (χ3n) is 3.89. The lowest BCUT2D eigenvalue weighted by atomic mass is 10.1. The lowest BCUT2D eigenvalue weighted by molar-refractivity contribution is -0.137. The molecule has 0 spiro atoms. The van der Waals surface area contributed by atoms with Gasteiger partial charge in [-0.25, -0.2) is 0 Å². The molecule has 2 N–H and O–H groups in total. The van der Waals surface area contributed by atoms with Gasteiger partial charge >= 0.3 is 6.18 Å². The Morgan fingerprint density at radius 2 is 1.77 bits per heavy atom. The van der Waals surface area contributed by atoms with Gasteiger partial charge in [-0.15, -0.1) is 0 Å². The van der Waals surface area contributed by atoms with E-state index in [0.717, 1.165) is 23.4 Å². The lowest BCUT2D eigenvalue weighted by Gasteiger charge is -2.15. The fourth-order valence-corrected chi connectivity index (χ4v) is 2.31. The Bertz CT molecular complexity index is 730. The van der Waals surface area contributed by atoms with Crippen molar-refractivity contribution in [2.24, 2.45) is 0 Å². The highest BCUT2D eigenvalue weighted by atomic mass is 19.4. The Labute approximate surface area is 150 Å². The number of hydrogen-bond donors (Lipinski definition) is 2. The van der Waals surface area contributed by atoms with E-state index in [2.05, 4.69) is 10.6 Å². The molecule has 0 heterocycles. The predicted molar refractivity (Wildman–Crippen MR) is 92.6 cm³/mol. The quantitative estimate of drug-likeness (QED) is 0.789. The average molecular weight is 366 g/mol. The Morgan fingerprint density at radius 1 is 1.08 bits per heavy atom. The number of nitrogens with one attached hydrogen (secondary N) is 2. The maximum atomic E-state index is 12.7. The van der Waals surface area contributed by atoms with E-state index >= 15 is 0 Å². The number of ether oxygens (including phenoxy) is 1. The Kier molecular flexibility index (Phi) is 6.63. The summed E-state index contributed by atoms with van der Waals surface area (Å²) >= 11 is 0. The molecule has 0 fully saturated rings. The molecule has 2 rings (SSSR count). The second-order valence-corrected chi connectivity index (χ2v) is 5.87. The highest BCUT2D eigenvalue weighted by Gasteiger charge is 2.30. The maximum Gasteiger partial charge on any atom is 0.416 e. The molecular weight excluding hydrogens is 345 g/mol. The Hall–Kier alpha value is -2.54. The molecule has 140 valence electrons. The zero-order valence-electron chi connectivity index (χ0n) is 14.6. The van der Waals surface area contributed by atoms with Crippen molar-refractivity contribution in [3.05, 3.63) is 65.2 Å². The summed E-state index contributed by atoms with van der Waals surface area (Å²) in [6.45, 7) is 2.19. The molecule has 0 bridgehead atoms. The van der Waals surface area contributed by atoms with Crippen LogP contribution in [0, 0.1) is 0 Å². The zero-order chi connectivity index (χ0) is 19.2. The third-order valence-corrected chi connectivity index (χ3v) is 3.89. The van der Waals surface area contributed by atoms with Crippen LogP contribution in [0.3, 0.4) is 0 Å². The first-order valence-electron chi connectivity index (χ1n) is 8.10. The largest absolute Gasteiger partial charge is 0.497 e. The number of amides is 1. The van der Waals surface area contributed by atoms with Crippen molar-refractivity contribution in [1.82, 2.24) is 10.6 Å². The Morgan fingerprint density at radius 3 is 2.38 bits per heavy atom. The number of halogens is 3. The minimum Gasteiger partial charge on any atom is -0.497 e. The molecule has 0 saturated carbocycles. The van der Waals surface area contributed by atoms with Gasteiger partial charge in [0.15, 0.2) is 0 Å². The SMILES string of the molecule is COc1ccc(CNC(=O)[C@@H](C)NCc2cccc(C(F)(F)F)c2)cc1. The molecule has 2 aromatic carbocycles. The van der Waals surface area contributed by atoms with E-state index in [1.54, 1.807) is 32.2 Å². The van der Waals surface area contributed by atoms with Crippen molar-refractivity contribution in [3.63, 3.8) is 0 Å². The van der Waals surface area contributed by atoms with Crippen molar-refractivity contribution in [2.75, 3.05) is 7.11 Å². The van der Waals surface area contributed by atoms with Gasteiger partial charge < -0.3 is 15.4 Å². The fourth-order valence-electron chi connectivity index (χ4n) is 2.31. The standard InChI is InChI=1S/C19H21F3N2O2/c1-13(18(25)24-11-14-6-8-17(26-2)9-7-14)23-12-15-4-3-5-16(10-15)19(20,21)22/h3-10,13,23H,11-12H2,1-2H3,(H,24,25)/t13-/m1/s1. The molecule has 0 aliphatic heterocycles. The Balaban J connectivity index is 1.83. The predicted octanol–water partition coefficient (Wildman–Crippen LogP) is 3.51. The summed E-state index contributed by atoms with van der Waals surface area (Å²) in [6, 6.07) is 11.8. The van der Waals surface area contributed by atoms with E-state index in [1.807, 2.05) is 12.1 Å². The van der Waals surface area contributed by atoms with Gasteiger partial charge in [0, 0.05) is 13.1 Å². The zero-order valence-corrected chi connectivity index (χ0v) is 14.6. The van der Waals surface area contributed by atoms with Gasteiger partial charge in [-0.3, -0.25) is 4.79 Å². The molecule has 0 saturated heterocycles. The number of alkyl halides is 3. The molecule has 26 heavy (non-hydrogen) atoms. The molecular formula is C19H21F3N2O2. The van der Waals surface area contributed by atoms with Gasteiger partial charge in [-0.05, 0) is 36.2 Å². The van der Waals surface area contributed by atoms with E-state index in [1.165, 1.54) is 6.07 Å². The second-order valence-electron chi connectivity index (χ2n) is 5.87. The third kappa shape index (κ3) is 5.77. The smallest absolute Gasteiger partial charge is 0.416 e. The summed E-state index contributed by atoms with van der Waals surface area (Å²) < 4.78 is 43.2. The van der Waals surface area contributed by atoms with Crippen molar-refractivity contribution < 1.29 is 22.7 Å². The lowest BCUT2D eigenvalue weighted by Crippen LogP contribution is -2.41. The molecule has 0 radical (unpaired) electrons. The van der Waals surface area contributed by atoms with Gasteiger partial charge in [0.2, 0.25) is 5.91 Å². The van der Waals surface area contributed by atoms with E-state index < -0.39 is 17.8 Å². The van der Waals surface area contributed by atoms with Crippen LogP contribution in [0.25, 0.3) is 0 Å². The van der Waals surface area contributed by atoms with Gasteiger partial charge in [0.25, 0.3) is 0 Å². The molecule has 0 unspecified atom stereocenters. The summed E-state index contributed by atoms with van der Waals surface area (Å²) in [4.78, 5) is 12.1. The van der Waals surface area contributed by atoms with Gasteiger partial charge in [-0.2, -0.15) is 13.2 Å². The van der Waals surface area contributed by atoms with Crippen LogP contribution in [0.15, 0.2) is 48.5 Å². The van der Waals surface area contributed by atoms with Crippen LogP contribution in [0.4, 0.5) is 13.2 Å². The van der Waals surface area contributed by atoms with E-state index in [9.17, 15) is 18.0 Å². The van der Waals surface area contributed by atoms with Crippen molar-refractivity contribution in [3.8, 4) is 5.75 Å². The van der Waals surface area contributed by atoms with Crippen molar-refractivity contribution >= 4 is 5.91 Å². The first-order chi connectivity index (χ1) is 12.3. The molecule has 2 aromatic rings. The maximum absolute atomic E-state index is 12.7. The topological polar surface area (TPSA) is 50.4 Å². The fraction of sp³-hybridized carbons (Fsp3) is 0.316. The highest BCUT2D eigenvalue weighted by Crippen LogP contribution is 2.29. The van der Waals surface area contributed by atoms with Crippen molar-refractivity contribution in [1.29, 1.82) is 0 Å². The van der Waals surface area contributed by atoms with E-state index in [0.29, 0.717) is 12.1 Å². The van der Waals surface area contributed by atoms with Gasteiger partial charge in [0.1, 0.15) is 5.75 Å². The minimum absolute atomic E-state index is 0.168. The van der Waals surface area contributed by atoms with E-state index in [4.69, 9.17) is 4.74 Å². The number of benzene rings is 2. The molecule has 7 heteroatoms. The summed E-state index contributed by atoms with van der Waals surface area (Å²) in [5.41, 5.74) is 0.687. The van der Waals surface area contributed by atoms with Crippen LogP contribution in [-0.2, 0) is 24.1 Å². The van der Waals surface area contributed by atoms with Crippen molar-refractivity contribution in [2.45, 2.75) is 32.2 Å². The summed E-state index contributed by atoms with van der Waals surface area (Å²) in [5.74, 6) is 0.504. The molecule has 0 aliphatic carbocycles. The summed E-state index contributed by atoms with van der Waals surface area (Å²) in [6.07, 6.45) is -4.38. The molecule has 0 aromatic heterocycles. The first-order valence-corrected chi connectivity index (χ1v) is 8.10. The molecule has 1 atom stereocenters. The minimum atomic E-state index is -4.38. The first kappa shape index (κ1) is 19.8. The number of rotatable bonds is 7. The summed E-state index contributed by atoms with van der Waals surface area (Å²) in [5, 5.41) is 5.72. The van der Waals surface area contributed by atoms with Crippen LogP contribution in [0.5, 0.6) is 5.75 Å². The second kappa shape index (κ2) is 8.71. The van der Waals surface area contributed by atoms with Gasteiger partial charge in [-0.1, -0.05) is 30.3 Å². The number of carbonyl (C=O) groups is 1. The van der Waals surface area contributed by atoms with Crippen LogP contribution in [-0.4, -0.2) is 19.1 Å². The van der Waals surface area contributed by atoms with Crippen LogP contribution >= 0.6 is 0 Å². The van der Waals surface area contributed by atoms with Crippen LogP contribution in [0.2, 0.25) is 0 Å². The van der Waals surface area contributed by atoms with E-state index in [-0.39, 0.29) is 12.5 Å². The van der Waals surface area contributed by atoms with Crippen LogP contribution in [0.1, 0.15) is 23.6 Å². The molecule has 1 amide bonds. The van der Waals surface area contributed by atoms with Gasteiger partial charge in [0.05, 0.1) is 18.7 Å². The normalized spacial score (nSPS) is 12.5. The number of methoxy groups -OCH3 is 1. The molecule has 4 nitrogen and oxygen atoms in total. The average Bonchev–Trinajstić information content (AvgIpc) is 2.64. The summed E-state index contributed by atoms with van der Waals surface area (Å²) in [7, 11) is 1.58. The highest BCUT2D eigenvalue weighted by molar-refractivity contribution is 5.81. The number of carbonyl (C=O) groups excluding carboxylic acids is 1. The molecule has 0 aliphatic rings. The van der Waals surface area contributed by atoms with Crippen LogP contribution < -0.4 is 15.4 Å². The number of hydrogen-bond acceptors (Lipinski definition) is 3.